The van der Waals surface area contributed by atoms with Crippen molar-refractivity contribution >= 4 is 16.0 Å². The summed E-state index contributed by atoms with van der Waals surface area (Å²) in [6, 6.07) is 2.44. The second-order valence-electron chi connectivity index (χ2n) is 3.07. The fourth-order valence-corrected chi connectivity index (χ4v) is 2.22. The zero-order valence-electron chi connectivity index (χ0n) is 8.55. The molecule has 0 aliphatic heterocycles. The van der Waals surface area contributed by atoms with Gasteiger partial charge in [-0.05, 0) is 18.2 Å². The lowest BCUT2D eigenvalue weighted by atomic mass is 10.2. The molecule has 0 atom stereocenters. The highest BCUT2D eigenvalue weighted by Crippen LogP contribution is 2.16. The van der Waals surface area contributed by atoms with Crippen molar-refractivity contribution < 1.29 is 27.8 Å². The molecule has 0 aromatic heterocycles. The zero-order valence-corrected chi connectivity index (χ0v) is 9.37. The Balaban J connectivity index is 3.20. The minimum absolute atomic E-state index is 0.279. The molecule has 0 bridgehead atoms. The van der Waals surface area contributed by atoms with Crippen molar-refractivity contribution in [1.29, 1.82) is 0 Å². The van der Waals surface area contributed by atoms with Gasteiger partial charge in [-0.25, -0.2) is 22.3 Å². The van der Waals surface area contributed by atoms with Gasteiger partial charge in [0.15, 0.2) is 0 Å². The highest BCUT2D eigenvalue weighted by Gasteiger charge is 2.20. The molecule has 17 heavy (non-hydrogen) atoms. The second kappa shape index (κ2) is 5.21. The maximum Gasteiger partial charge on any atom is 0.335 e. The number of benzene rings is 1. The van der Waals surface area contributed by atoms with Crippen LogP contribution >= 0.6 is 0 Å². The highest BCUT2D eigenvalue weighted by molar-refractivity contribution is 7.89. The normalized spacial score (nSPS) is 11.4. The third-order valence-electron chi connectivity index (χ3n) is 1.87. The molecule has 0 radical (unpaired) electrons. The van der Waals surface area contributed by atoms with Crippen molar-refractivity contribution in [2.75, 3.05) is 13.2 Å². The fraction of sp³-hybridized carbons (Fsp3) is 0.222. The molecule has 1 aromatic carbocycles. The molecular formula is C9H10FNO5S. The van der Waals surface area contributed by atoms with Crippen LogP contribution in [0, 0.1) is 5.82 Å². The van der Waals surface area contributed by atoms with E-state index in [1.807, 2.05) is 4.72 Å². The van der Waals surface area contributed by atoms with Crippen molar-refractivity contribution in [3.63, 3.8) is 0 Å². The zero-order chi connectivity index (χ0) is 13.1. The van der Waals surface area contributed by atoms with Crippen LogP contribution < -0.4 is 4.72 Å². The largest absolute Gasteiger partial charge is 0.478 e. The predicted molar refractivity (Wildman–Crippen MR) is 55.6 cm³/mol. The molecule has 0 aliphatic carbocycles. The summed E-state index contributed by atoms with van der Waals surface area (Å²) in [5.74, 6) is -2.41. The van der Waals surface area contributed by atoms with E-state index < -0.39 is 33.3 Å². The molecule has 3 N–H and O–H groups in total. The van der Waals surface area contributed by atoms with Gasteiger partial charge in [0.05, 0.1) is 12.2 Å². The number of nitrogens with one attached hydrogen (secondary N) is 1. The van der Waals surface area contributed by atoms with E-state index in [0.29, 0.717) is 0 Å². The minimum atomic E-state index is -4.16. The molecule has 1 aromatic rings. The maximum atomic E-state index is 13.3. The number of carboxylic acid groups (broad SMARTS) is 1. The van der Waals surface area contributed by atoms with Crippen LogP contribution in [0.15, 0.2) is 23.1 Å². The van der Waals surface area contributed by atoms with Gasteiger partial charge in [0.1, 0.15) is 10.7 Å². The highest BCUT2D eigenvalue weighted by atomic mass is 32.2. The molecule has 0 saturated carbocycles. The summed E-state index contributed by atoms with van der Waals surface area (Å²) in [5, 5.41) is 17.1. The number of aliphatic hydroxyl groups excluding tert-OH is 1. The van der Waals surface area contributed by atoms with Gasteiger partial charge in [0.2, 0.25) is 10.0 Å². The van der Waals surface area contributed by atoms with E-state index in [1.165, 1.54) is 0 Å². The lowest BCUT2D eigenvalue weighted by molar-refractivity contribution is 0.0696. The monoisotopic (exact) mass is 263 g/mol. The molecule has 0 spiro atoms. The average Bonchev–Trinajstić information content (AvgIpc) is 2.26. The lowest BCUT2D eigenvalue weighted by Crippen LogP contribution is -2.27. The molecule has 0 fully saturated rings. The van der Waals surface area contributed by atoms with Gasteiger partial charge in [0, 0.05) is 6.54 Å². The minimum Gasteiger partial charge on any atom is -0.478 e. The van der Waals surface area contributed by atoms with Crippen molar-refractivity contribution in [2.24, 2.45) is 0 Å². The van der Waals surface area contributed by atoms with Crippen LogP contribution in [0.5, 0.6) is 0 Å². The van der Waals surface area contributed by atoms with Gasteiger partial charge in [-0.1, -0.05) is 0 Å². The van der Waals surface area contributed by atoms with Crippen molar-refractivity contribution in [3.05, 3.63) is 29.6 Å². The summed E-state index contributed by atoms with van der Waals surface area (Å²) in [7, 11) is -4.16. The second-order valence-corrected chi connectivity index (χ2v) is 4.81. The molecule has 94 valence electrons. The molecule has 0 saturated heterocycles. The number of rotatable bonds is 5. The fourth-order valence-electron chi connectivity index (χ4n) is 1.10. The third-order valence-corrected chi connectivity index (χ3v) is 3.35. The first-order chi connectivity index (χ1) is 7.88. The number of aromatic carboxylic acids is 1. The summed E-state index contributed by atoms with van der Waals surface area (Å²) in [6.07, 6.45) is 0. The summed E-state index contributed by atoms with van der Waals surface area (Å²) >= 11 is 0. The van der Waals surface area contributed by atoms with E-state index in [1.54, 1.807) is 0 Å². The predicted octanol–water partition coefficient (Wildman–Crippen LogP) is -0.206. The summed E-state index contributed by atoms with van der Waals surface area (Å²) in [5.41, 5.74) is -0.337. The Morgan fingerprint density at radius 1 is 1.41 bits per heavy atom. The number of aliphatic hydroxyl groups is 1. The number of halogens is 1. The van der Waals surface area contributed by atoms with Gasteiger partial charge < -0.3 is 10.2 Å². The number of carbonyl (C=O) groups is 1. The van der Waals surface area contributed by atoms with Crippen molar-refractivity contribution in [1.82, 2.24) is 4.72 Å². The number of hydrogen-bond donors (Lipinski definition) is 3. The summed E-state index contributed by atoms with van der Waals surface area (Å²) < 4.78 is 38.3. The van der Waals surface area contributed by atoms with Crippen LogP contribution in [0.25, 0.3) is 0 Å². The topological polar surface area (TPSA) is 104 Å². The first kappa shape index (κ1) is 13.6. The Hall–Kier alpha value is -1.51. The molecule has 0 unspecified atom stereocenters. The van der Waals surface area contributed by atoms with Crippen LogP contribution in [0.1, 0.15) is 10.4 Å². The van der Waals surface area contributed by atoms with Crippen LogP contribution in [0.4, 0.5) is 4.39 Å². The third kappa shape index (κ3) is 3.22. The Morgan fingerprint density at radius 2 is 2.06 bits per heavy atom. The van der Waals surface area contributed by atoms with Crippen molar-refractivity contribution in [3.8, 4) is 0 Å². The first-order valence-corrected chi connectivity index (χ1v) is 6.00. The lowest BCUT2D eigenvalue weighted by Gasteiger charge is -2.07. The van der Waals surface area contributed by atoms with Crippen LogP contribution in [0.2, 0.25) is 0 Å². The SMILES string of the molecule is O=C(O)c1ccc(F)c(S(=O)(=O)NCCO)c1. The quantitative estimate of drug-likeness (QED) is 0.682. The Labute approximate surface area is 96.8 Å². The first-order valence-electron chi connectivity index (χ1n) is 4.52. The molecular weight excluding hydrogens is 253 g/mol. The molecule has 0 aliphatic rings. The average molecular weight is 263 g/mol. The van der Waals surface area contributed by atoms with Crippen LogP contribution in [-0.4, -0.2) is 37.8 Å². The number of carboxylic acids is 1. The van der Waals surface area contributed by atoms with Crippen LogP contribution in [-0.2, 0) is 10.0 Å². The van der Waals surface area contributed by atoms with Gasteiger partial charge in [0.25, 0.3) is 0 Å². The van der Waals surface area contributed by atoms with E-state index in [9.17, 15) is 17.6 Å². The van der Waals surface area contributed by atoms with Crippen molar-refractivity contribution in [2.45, 2.75) is 4.90 Å². The van der Waals surface area contributed by atoms with Gasteiger partial charge in [-0.15, -0.1) is 0 Å². The summed E-state index contributed by atoms with van der Waals surface area (Å²) in [6.45, 7) is -0.724. The summed E-state index contributed by atoms with van der Waals surface area (Å²) in [4.78, 5) is 9.87. The molecule has 0 amide bonds. The van der Waals surface area contributed by atoms with E-state index in [2.05, 4.69) is 0 Å². The van der Waals surface area contributed by atoms with Crippen LogP contribution in [0.3, 0.4) is 0 Å². The number of sulfonamides is 1. The molecule has 0 heterocycles. The Kier molecular flexibility index (Phi) is 4.16. The molecule has 1 rings (SSSR count). The Bertz CT molecular complexity index is 528. The van der Waals surface area contributed by atoms with E-state index >= 15 is 0 Å². The van der Waals surface area contributed by atoms with E-state index in [0.717, 1.165) is 18.2 Å². The van der Waals surface area contributed by atoms with E-state index in [-0.39, 0.29) is 12.1 Å². The van der Waals surface area contributed by atoms with Gasteiger partial charge in [-0.3, -0.25) is 0 Å². The van der Waals surface area contributed by atoms with E-state index in [4.69, 9.17) is 10.2 Å². The maximum absolute atomic E-state index is 13.3. The molecule has 8 heteroatoms. The molecule has 6 nitrogen and oxygen atoms in total. The smallest absolute Gasteiger partial charge is 0.335 e. The number of hydrogen-bond acceptors (Lipinski definition) is 4. The van der Waals surface area contributed by atoms with Gasteiger partial charge >= 0.3 is 5.97 Å². The van der Waals surface area contributed by atoms with Gasteiger partial charge in [-0.2, -0.15) is 0 Å². The Morgan fingerprint density at radius 3 is 2.59 bits per heavy atom. The standard InChI is InChI=1S/C9H10FNO5S/c10-7-2-1-6(9(13)14)5-8(7)17(15,16)11-3-4-12/h1-2,5,11-12H,3-4H2,(H,13,14).